The van der Waals surface area contributed by atoms with Crippen molar-refractivity contribution in [1.29, 1.82) is 0 Å². The summed E-state index contributed by atoms with van der Waals surface area (Å²) in [4.78, 5) is 2.69. The summed E-state index contributed by atoms with van der Waals surface area (Å²) in [6.45, 7) is 4.65. The normalized spacial score (nSPS) is 20.0. The van der Waals surface area contributed by atoms with Crippen LogP contribution in [0.15, 0.2) is 42.5 Å². The van der Waals surface area contributed by atoms with Gasteiger partial charge in [0.05, 0.1) is 0 Å². The second-order valence-electron chi connectivity index (χ2n) is 6.17. The molecule has 4 heteroatoms. The molecule has 1 heterocycles. The number of piperazine rings is 1. The van der Waals surface area contributed by atoms with Crippen LogP contribution in [0.3, 0.4) is 0 Å². The lowest BCUT2D eigenvalue weighted by molar-refractivity contribution is 0.156. The Morgan fingerprint density at radius 2 is 1.59 bits per heavy atom. The van der Waals surface area contributed by atoms with Crippen LogP contribution in [-0.4, -0.2) is 31.1 Å². The second kappa shape index (κ2) is 7.65. The quantitative estimate of drug-likeness (QED) is 0.908. The molecule has 120 valence electrons. The van der Waals surface area contributed by atoms with Gasteiger partial charge in [-0.15, -0.1) is 24.8 Å². The summed E-state index contributed by atoms with van der Waals surface area (Å²) < 4.78 is 0. The molecule has 1 saturated carbocycles. The molecule has 1 N–H and O–H groups in total. The molecule has 0 unspecified atom stereocenters. The second-order valence-corrected chi connectivity index (χ2v) is 6.17. The Morgan fingerprint density at radius 3 is 2.27 bits per heavy atom. The first-order chi connectivity index (χ1) is 9.92. The average Bonchev–Trinajstić information content (AvgIpc) is 3.33. The number of hydrogen-bond donors (Lipinski definition) is 1. The maximum absolute atomic E-state index is 3.47. The Kier molecular flexibility index (Phi) is 6.10. The SMILES string of the molecule is Cl.Cl.c1ccc2cc([C@H](C3CC3)N3CCNCC3)ccc2c1. The van der Waals surface area contributed by atoms with E-state index in [1.807, 2.05) is 0 Å². The van der Waals surface area contributed by atoms with Gasteiger partial charge in [0.15, 0.2) is 0 Å². The Labute approximate surface area is 145 Å². The summed E-state index contributed by atoms with van der Waals surface area (Å²) in [6, 6.07) is 16.4. The highest BCUT2D eigenvalue weighted by molar-refractivity contribution is 5.85. The number of hydrogen-bond acceptors (Lipinski definition) is 2. The van der Waals surface area contributed by atoms with E-state index >= 15 is 0 Å². The molecule has 2 aromatic rings. The van der Waals surface area contributed by atoms with Crippen LogP contribution < -0.4 is 5.32 Å². The number of rotatable bonds is 3. The van der Waals surface area contributed by atoms with E-state index in [1.54, 1.807) is 0 Å². The van der Waals surface area contributed by atoms with Crippen LogP contribution in [0.25, 0.3) is 10.8 Å². The Bertz CT molecular complexity index is 607. The Balaban J connectivity index is 0.000000882. The van der Waals surface area contributed by atoms with E-state index in [4.69, 9.17) is 0 Å². The molecule has 1 aliphatic carbocycles. The third kappa shape index (κ3) is 3.57. The van der Waals surface area contributed by atoms with Gasteiger partial charge in [0.2, 0.25) is 0 Å². The first kappa shape index (κ1) is 17.6. The smallest absolute Gasteiger partial charge is 0.0377 e. The summed E-state index contributed by atoms with van der Waals surface area (Å²) in [6.07, 6.45) is 2.81. The van der Waals surface area contributed by atoms with Crippen molar-refractivity contribution in [3.63, 3.8) is 0 Å². The molecule has 2 fully saturated rings. The fraction of sp³-hybridized carbons (Fsp3) is 0.444. The molecular weight excluding hydrogens is 315 g/mol. The highest BCUT2D eigenvalue weighted by atomic mass is 35.5. The van der Waals surface area contributed by atoms with Crippen molar-refractivity contribution in [3.05, 3.63) is 48.0 Å². The molecule has 1 atom stereocenters. The molecule has 0 amide bonds. The van der Waals surface area contributed by atoms with E-state index in [0.29, 0.717) is 6.04 Å². The minimum absolute atomic E-state index is 0. The summed E-state index contributed by atoms with van der Waals surface area (Å²) in [5.74, 6) is 0.884. The van der Waals surface area contributed by atoms with Crippen molar-refractivity contribution in [1.82, 2.24) is 10.2 Å². The molecule has 0 radical (unpaired) electrons. The van der Waals surface area contributed by atoms with Crippen molar-refractivity contribution in [2.45, 2.75) is 18.9 Å². The zero-order chi connectivity index (χ0) is 13.4. The van der Waals surface area contributed by atoms with E-state index in [0.717, 1.165) is 19.0 Å². The standard InChI is InChI=1S/C18H22N2.2ClH/c1-2-4-16-13-17(8-5-14(16)3-1)18(15-6-7-15)20-11-9-19-10-12-20;;/h1-5,8,13,15,18-19H,6-7,9-12H2;2*1H/t18-;;/m0../s1. The van der Waals surface area contributed by atoms with Gasteiger partial charge in [-0.25, -0.2) is 0 Å². The molecule has 2 nitrogen and oxygen atoms in total. The highest BCUT2D eigenvalue weighted by Gasteiger charge is 2.36. The Morgan fingerprint density at radius 1 is 0.909 bits per heavy atom. The molecule has 0 aromatic heterocycles. The van der Waals surface area contributed by atoms with E-state index in [2.05, 4.69) is 52.7 Å². The van der Waals surface area contributed by atoms with Crippen LogP contribution in [0.1, 0.15) is 24.4 Å². The number of nitrogens with zero attached hydrogens (tertiary/aromatic N) is 1. The molecule has 0 spiro atoms. The van der Waals surface area contributed by atoms with E-state index in [9.17, 15) is 0 Å². The monoisotopic (exact) mass is 338 g/mol. The summed E-state index contributed by atoms with van der Waals surface area (Å²) in [7, 11) is 0. The lowest BCUT2D eigenvalue weighted by Crippen LogP contribution is -2.45. The number of fused-ring (bicyclic) bond motifs is 1. The Hall–Kier alpha value is -0.800. The van der Waals surface area contributed by atoms with E-state index in [1.165, 1.54) is 42.3 Å². The molecule has 22 heavy (non-hydrogen) atoms. The van der Waals surface area contributed by atoms with Crippen LogP contribution in [0.4, 0.5) is 0 Å². The van der Waals surface area contributed by atoms with E-state index in [-0.39, 0.29) is 24.8 Å². The van der Waals surface area contributed by atoms with Crippen LogP contribution in [0.5, 0.6) is 0 Å². The third-order valence-electron chi connectivity index (χ3n) is 4.73. The highest BCUT2D eigenvalue weighted by Crippen LogP contribution is 2.45. The van der Waals surface area contributed by atoms with Gasteiger partial charge < -0.3 is 5.32 Å². The van der Waals surface area contributed by atoms with Crippen LogP contribution >= 0.6 is 24.8 Å². The summed E-state index contributed by atoms with van der Waals surface area (Å²) in [5.41, 5.74) is 1.52. The van der Waals surface area contributed by atoms with Crippen LogP contribution in [0, 0.1) is 5.92 Å². The zero-order valence-electron chi connectivity index (χ0n) is 12.7. The lowest BCUT2D eigenvalue weighted by atomic mass is 9.97. The largest absolute Gasteiger partial charge is 0.314 e. The first-order valence-corrected chi connectivity index (χ1v) is 7.85. The van der Waals surface area contributed by atoms with Gasteiger partial charge >= 0.3 is 0 Å². The van der Waals surface area contributed by atoms with E-state index < -0.39 is 0 Å². The molecule has 1 aliphatic heterocycles. The van der Waals surface area contributed by atoms with Gasteiger partial charge in [0.1, 0.15) is 0 Å². The molecule has 4 rings (SSSR count). The molecule has 0 bridgehead atoms. The van der Waals surface area contributed by atoms with Gasteiger partial charge in [-0.2, -0.15) is 0 Å². The van der Waals surface area contributed by atoms with Crippen molar-refractivity contribution in [3.8, 4) is 0 Å². The fourth-order valence-corrected chi connectivity index (χ4v) is 3.55. The van der Waals surface area contributed by atoms with Gasteiger partial charge in [-0.3, -0.25) is 4.90 Å². The minimum atomic E-state index is 0. The van der Waals surface area contributed by atoms with Gasteiger partial charge in [0, 0.05) is 32.2 Å². The summed E-state index contributed by atoms with van der Waals surface area (Å²) >= 11 is 0. The molecule has 2 aromatic carbocycles. The zero-order valence-corrected chi connectivity index (χ0v) is 14.3. The van der Waals surface area contributed by atoms with Gasteiger partial charge in [0.25, 0.3) is 0 Å². The van der Waals surface area contributed by atoms with Crippen molar-refractivity contribution in [2.24, 2.45) is 5.92 Å². The maximum Gasteiger partial charge on any atom is 0.0377 e. The van der Waals surface area contributed by atoms with Crippen molar-refractivity contribution < 1.29 is 0 Å². The minimum Gasteiger partial charge on any atom is -0.314 e. The van der Waals surface area contributed by atoms with Crippen molar-refractivity contribution >= 4 is 35.6 Å². The fourth-order valence-electron chi connectivity index (χ4n) is 3.55. The predicted octanol–water partition coefficient (Wildman–Crippen LogP) is 4.04. The van der Waals surface area contributed by atoms with Crippen molar-refractivity contribution in [2.75, 3.05) is 26.2 Å². The van der Waals surface area contributed by atoms with Crippen LogP contribution in [-0.2, 0) is 0 Å². The summed E-state index contributed by atoms with van der Waals surface area (Å²) in [5, 5.41) is 6.20. The predicted molar refractivity (Wildman–Crippen MR) is 98.4 cm³/mol. The average molecular weight is 339 g/mol. The van der Waals surface area contributed by atoms with Gasteiger partial charge in [-0.05, 0) is 41.2 Å². The molecule has 1 saturated heterocycles. The van der Waals surface area contributed by atoms with Gasteiger partial charge in [-0.1, -0.05) is 36.4 Å². The number of halogens is 2. The maximum atomic E-state index is 3.47. The van der Waals surface area contributed by atoms with Crippen LogP contribution in [0.2, 0.25) is 0 Å². The lowest BCUT2D eigenvalue weighted by Gasteiger charge is -2.35. The first-order valence-electron chi connectivity index (χ1n) is 7.85. The number of benzene rings is 2. The number of nitrogens with one attached hydrogen (secondary N) is 1. The molecule has 2 aliphatic rings. The molecular formula is C18H24Cl2N2. The third-order valence-corrected chi connectivity index (χ3v) is 4.73. The topological polar surface area (TPSA) is 15.3 Å².